The minimum Gasteiger partial charge on any atom is -0.440 e. The van der Waals surface area contributed by atoms with Gasteiger partial charge in [0.1, 0.15) is 11.6 Å². The summed E-state index contributed by atoms with van der Waals surface area (Å²) in [5.41, 5.74) is 0.700. The Morgan fingerprint density at radius 2 is 1.85 bits per heavy atom. The highest BCUT2D eigenvalue weighted by Gasteiger charge is 2.23. The third-order valence-corrected chi connectivity index (χ3v) is 5.72. The quantitative estimate of drug-likeness (QED) is 0.389. The number of hydrogen-bond acceptors (Lipinski definition) is 4. The molecule has 1 heterocycles. The summed E-state index contributed by atoms with van der Waals surface area (Å²) in [5.74, 6) is 0.0993. The van der Waals surface area contributed by atoms with E-state index in [9.17, 15) is 4.39 Å². The van der Waals surface area contributed by atoms with Crippen molar-refractivity contribution in [1.82, 2.24) is 9.55 Å². The van der Waals surface area contributed by atoms with Crippen molar-refractivity contribution < 1.29 is 9.13 Å². The van der Waals surface area contributed by atoms with Gasteiger partial charge < -0.3 is 9.30 Å². The highest BCUT2D eigenvalue weighted by atomic mass is 35.5. The van der Waals surface area contributed by atoms with E-state index in [0.29, 0.717) is 32.9 Å². The van der Waals surface area contributed by atoms with Crippen LogP contribution in [0.15, 0.2) is 55.1 Å². The second-order valence-electron chi connectivity index (χ2n) is 5.46. The molecule has 1 unspecified atom stereocenters. The molecule has 0 aliphatic rings. The van der Waals surface area contributed by atoms with E-state index in [4.69, 9.17) is 51.8 Å². The molecule has 0 saturated carbocycles. The predicted molar refractivity (Wildman–Crippen MR) is 114 cm³/mol. The number of aromatic nitrogens is 2. The van der Waals surface area contributed by atoms with Gasteiger partial charge >= 0.3 is 0 Å². The lowest BCUT2D eigenvalue weighted by Crippen LogP contribution is -2.11. The summed E-state index contributed by atoms with van der Waals surface area (Å²) in [6.45, 7) is 0.513. The van der Waals surface area contributed by atoms with Crippen molar-refractivity contribution in [3.05, 3.63) is 81.6 Å². The fourth-order valence-corrected chi connectivity index (χ4v) is 5.02. The Bertz CT molecular complexity index is 913. The average molecular weight is 462 g/mol. The van der Waals surface area contributed by atoms with Crippen LogP contribution in [0.5, 0.6) is 5.75 Å². The molecule has 0 radical (unpaired) electrons. The number of rotatable bonds is 5. The Morgan fingerprint density at radius 3 is 2.44 bits per heavy atom. The third-order valence-electron chi connectivity index (χ3n) is 3.55. The number of thioether (sulfide) groups is 1. The molecule has 140 valence electrons. The zero-order valence-corrected chi connectivity index (χ0v) is 17.5. The van der Waals surface area contributed by atoms with E-state index in [-0.39, 0.29) is 15.4 Å². The molecule has 3 aromatic rings. The Kier molecular flexibility index (Phi) is 7.00. The molecule has 0 N–H and O–H groups in total. The van der Waals surface area contributed by atoms with Crippen molar-refractivity contribution >= 4 is 63.2 Å². The van der Waals surface area contributed by atoms with Crippen LogP contribution in [0.3, 0.4) is 0 Å². The molecule has 0 bridgehead atoms. The summed E-state index contributed by atoms with van der Waals surface area (Å²) in [6.07, 6.45) is 5.20. The maximum Gasteiger partial charge on any atom is 0.226 e. The van der Waals surface area contributed by atoms with Crippen LogP contribution in [0.25, 0.3) is 0 Å². The maximum atomic E-state index is 13.0. The Labute approximate surface area is 180 Å². The normalized spacial score (nSPS) is 12.0. The molecule has 0 fully saturated rings. The first-order chi connectivity index (χ1) is 12.9. The van der Waals surface area contributed by atoms with Gasteiger partial charge in [-0.1, -0.05) is 46.6 Å². The van der Waals surface area contributed by atoms with E-state index >= 15 is 0 Å². The summed E-state index contributed by atoms with van der Waals surface area (Å²) in [7, 11) is 0. The highest BCUT2D eigenvalue weighted by molar-refractivity contribution is 8.22. The van der Waals surface area contributed by atoms with Gasteiger partial charge in [-0.2, -0.15) is 0 Å². The van der Waals surface area contributed by atoms with Crippen molar-refractivity contribution in [3.8, 4) is 5.75 Å². The molecule has 0 aliphatic heterocycles. The molecule has 1 aromatic heterocycles. The van der Waals surface area contributed by atoms with E-state index in [1.165, 1.54) is 36.0 Å². The summed E-state index contributed by atoms with van der Waals surface area (Å²) in [6, 6.07) is 8.90. The number of thiocarbonyl (C=S) groups is 1. The number of halogens is 4. The number of imidazole rings is 1. The van der Waals surface area contributed by atoms with Crippen LogP contribution in [0.1, 0.15) is 10.8 Å². The number of nitrogens with zero attached hydrogens (tertiary/aromatic N) is 2. The predicted octanol–water partition coefficient (Wildman–Crippen LogP) is 6.82. The first-order valence-corrected chi connectivity index (χ1v) is 10.1. The molecule has 0 saturated heterocycles. The lowest BCUT2D eigenvalue weighted by atomic mass is 10.1. The molecule has 0 spiro atoms. The average Bonchev–Trinajstić information content (AvgIpc) is 3.09. The van der Waals surface area contributed by atoms with Crippen LogP contribution in [-0.2, 0) is 6.54 Å². The fraction of sp³-hybridized carbons (Fsp3) is 0.111. The summed E-state index contributed by atoms with van der Waals surface area (Å²) >= 11 is 25.5. The molecule has 2 aromatic carbocycles. The topological polar surface area (TPSA) is 27.1 Å². The molecule has 1 atom stereocenters. The van der Waals surface area contributed by atoms with Gasteiger partial charge in [0.2, 0.25) is 4.38 Å². The zero-order chi connectivity index (χ0) is 19.4. The zero-order valence-electron chi connectivity index (χ0n) is 13.6. The number of benzene rings is 2. The Balaban J connectivity index is 1.84. The van der Waals surface area contributed by atoms with Gasteiger partial charge in [-0.25, -0.2) is 9.37 Å². The molecular weight excluding hydrogens is 450 g/mol. The monoisotopic (exact) mass is 460 g/mol. The minimum absolute atomic E-state index is 0.246. The maximum absolute atomic E-state index is 13.0. The van der Waals surface area contributed by atoms with Gasteiger partial charge in [-0.3, -0.25) is 0 Å². The van der Waals surface area contributed by atoms with E-state index in [1.807, 2.05) is 10.8 Å². The van der Waals surface area contributed by atoms with Gasteiger partial charge in [0, 0.05) is 39.6 Å². The summed E-state index contributed by atoms with van der Waals surface area (Å²) in [4.78, 5) is 4.05. The van der Waals surface area contributed by atoms with E-state index in [1.54, 1.807) is 24.7 Å². The van der Waals surface area contributed by atoms with Gasteiger partial charge in [-0.05, 0) is 48.6 Å². The van der Waals surface area contributed by atoms with Gasteiger partial charge in [-0.15, -0.1) is 0 Å². The Morgan fingerprint density at radius 1 is 1.19 bits per heavy atom. The largest absolute Gasteiger partial charge is 0.440 e. The molecule has 9 heteroatoms. The third kappa shape index (κ3) is 5.59. The van der Waals surface area contributed by atoms with Crippen molar-refractivity contribution in [3.63, 3.8) is 0 Å². The van der Waals surface area contributed by atoms with Crippen LogP contribution in [0, 0.1) is 5.82 Å². The lowest BCUT2D eigenvalue weighted by molar-refractivity contribution is 0.570. The van der Waals surface area contributed by atoms with Crippen LogP contribution >= 0.6 is 58.8 Å². The van der Waals surface area contributed by atoms with Crippen LogP contribution in [0.4, 0.5) is 4.39 Å². The van der Waals surface area contributed by atoms with E-state index in [2.05, 4.69) is 4.98 Å². The smallest absolute Gasteiger partial charge is 0.226 e. The first kappa shape index (κ1) is 20.4. The summed E-state index contributed by atoms with van der Waals surface area (Å²) in [5, 5.41) is 1.08. The van der Waals surface area contributed by atoms with Gasteiger partial charge in [0.15, 0.2) is 0 Å². The van der Waals surface area contributed by atoms with Crippen LogP contribution in [0.2, 0.25) is 15.1 Å². The fourth-order valence-electron chi connectivity index (χ4n) is 2.37. The molecule has 0 aliphatic carbocycles. The molecule has 0 amide bonds. The first-order valence-electron chi connectivity index (χ1n) is 7.66. The second kappa shape index (κ2) is 9.26. The van der Waals surface area contributed by atoms with Crippen LogP contribution < -0.4 is 4.74 Å². The Hall–Kier alpha value is -1.31. The van der Waals surface area contributed by atoms with Crippen molar-refractivity contribution in [2.24, 2.45) is 0 Å². The number of ether oxygens (including phenoxy) is 1. The molecule has 3 nitrogen and oxygen atoms in total. The van der Waals surface area contributed by atoms with Gasteiger partial charge in [0.05, 0.1) is 11.6 Å². The molecular formula is C18H12Cl3FN2OS2. The van der Waals surface area contributed by atoms with Gasteiger partial charge in [0.25, 0.3) is 0 Å². The summed E-state index contributed by atoms with van der Waals surface area (Å²) < 4.78 is 20.8. The molecule has 3 rings (SSSR count). The second-order valence-corrected chi connectivity index (χ2v) is 8.51. The van der Waals surface area contributed by atoms with Crippen molar-refractivity contribution in [1.29, 1.82) is 0 Å². The van der Waals surface area contributed by atoms with Crippen LogP contribution in [-0.4, -0.2) is 13.9 Å². The molecule has 27 heavy (non-hydrogen) atoms. The van der Waals surface area contributed by atoms with Crippen molar-refractivity contribution in [2.45, 2.75) is 11.8 Å². The van der Waals surface area contributed by atoms with E-state index in [0.717, 1.165) is 0 Å². The SMILES string of the molecule is Fc1ccc(OC(=S)SC(Cn2ccnc2)c2c(Cl)cc(Cl)cc2Cl)cc1. The highest BCUT2D eigenvalue weighted by Crippen LogP contribution is 2.41. The standard InChI is InChI=1S/C18H12Cl3FN2OS2/c19-11-7-14(20)17(15(21)8-11)16(9-24-6-5-23-10-24)27-18(26)25-13-3-1-12(22)2-4-13/h1-8,10,16H,9H2. The lowest BCUT2D eigenvalue weighted by Gasteiger charge is -2.20. The minimum atomic E-state index is -0.348. The van der Waals surface area contributed by atoms with Crippen molar-refractivity contribution in [2.75, 3.05) is 0 Å². The number of hydrogen-bond donors (Lipinski definition) is 0. The van der Waals surface area contributed by atoms with E-state index < -0.39 is 0 Å².